The molecular weight excluding hydrogens is 351 g/mol. The maximum absolute atomic E-state index is 13.8. The molecule has 1 fully saturated rings. The Kier molecular flexibility index (Phi) is 6.28. The number of carbonyl (C=O) groups excluding carboxylic acids is 1. The van der Waals surface area contributed by atoms with Crippen LogP contribution >= 0.6 is 11.6 Å². The first-order valence-corrected chi connectivity index (χ1v) is 9.37. The average molecular weight is 375 g/mol. The molecule has 0 aliphatic carbocycles. The third-order valence-electron chi connectivity index (χ3n) is 5.01. The quantitative estimate of drug-likeness (QED) is 0.829. The van der Waals surface area contributed by atoms with Crippen molar-refractivity contribution in [1.29, 1.82) is 0 Å². The summed E-state index contributed by atoms with van der Waals surface area (Å²) >= 11 is 5.98. The molecule has 1 amide bonds. The van der Waals surface area contributed by atoms with Crippen molar-refractivity contribution in [2.24, 2.45) is 5.92 Å². The van der Waals surface area contributed by atoms with Gasteiger partial charge in [0.05, 0.1) is 6.42 Å². The van der Waals surface area contributed by atoms with Gasteiger partial charge >= 0.3 is 0 Å². The number of likely N-dealkylation sites (tertiary alicyclic amines) is 1. The Balaban J connectivity index is 1.46. The minimum Gasteiger partial charge on any atom is -0.355 e. The third-order valence-corrected chi connectivity index (χ3v) is 5.37. The lowest BCUT2D eigenvalue weighted by atomic mass is 10.1. The third kappa shape index (κ3) is 4.83. The van der Waals surface area contributed by atoms with Crippen LogP contribution in [-0.4, -0.2) is 30.4 Å². The molecule has 1 N–H and O–H groups in total. The summed E-state index contributed by atoms with van der Waals surface area (Å²) < 4.78 is 13.8. The van der Waals surface area contributed by atoms with E-state index in [2.05, 4.69) is 41.4 Å². The zero-order valence-electron chi connectivity index (χ0n) is 15.0. The minimum atomic E-state index is -0.432. The van der Waals surface area contributed by atoms with E-state index in [9.17, 15) is 9.18 Å². The Hall–Kier alpha value is -1.91. The van der Waals surface area contributed by atoms with Crippen molar-refractivity contribution >= 4 is 17.5 Å². The molecule has 138 valence electrons. The van der Waals surface area contributed by atoms with Crippen LogP contribution in [0.4, 0.5) is 4.39 Å². The van der Waals surface area contributed by atoms with Gasteiger partial charge < -0.3 is 5.32 Å². The van der Waals surface area contributed by atoms with Crippen LogP contribution in [0.25, 0.3) is 0 Å². The van der Waals surface area contributed by atoms with Crippen LogP contribution in [0.1, 0.15) is 23.1 Å². The summed E-state index contributed by atoms with van der Waals surface area (Å²) in [5.74, 6) is -0.189. The molecule has 3 nitrogen and oxygen atoms in total. The van der Waals surface area contributed by atoms with Crippen LogP contribution in [0.3, 0.4) is 0 Å². The molecular formula is C21H24ClFN2O. The van der Waals surface area contributed by atoms with E-state index in [0.29, 0.717) is 17.5 Å². The van der Waals surface area contributed by atoms with Crippen LogP contribution in [-0.2, 0) is 17.8 Å². The molecule has 2 aromatic carbocycles. The number of benzene rings is 2. The standard InChI is InChI=1S/C21H24ClFN2O/c1-15-5-2-3-6-17(15)14-25-10-9-16(13-25)12-24-21(26)11-18-19(22)7-4-8-20(18)23/h2-8,16H,9-14H2,1H3,(H,24,26). The molecule has 1 aliphatic heterocycles. The second kappa shape index (κ2) is 8.65. The highest BCUT2D eigenvalue weighted by atomic mass is 35.5. The van der Waals surface area contributed by atoms with E-state index in [4.69, 9.17) is 11.6 Å². The second-order valence-electron chi connectivity index (χ2n) is 7.00. The minimum absolute atomic E-state index is 0.0227. The monoisotopic (exact) mass is 374 g/mol. The van der Waals surface area contributed by atoms with Gasteiger partial charge in [-0.2, -0.15) is 0 Å². The van der Waals surface area contributed by atoms with E-state index in [1.54, 1.807) is 12.1 Å². The Morgan fingerprint density at radius 2 is 2.08 bits per heavy atom. The summed E-state index contributed by atoms with van der Waals surface area (Å²) in [6.45, 7) is 5.71. The van der Waals surface area contributed by atoms with Gasteiger partial charge in [-0.25, -0.2) is 4.39 Å². The normalized spacial score (nSPS) is 17.4. The molecule has 5 heteroatoms. The Bertz CT molecular complexity index is 760. The van der Waals surface area contributed by atoms with Gasteiger partial charge in [0.25, 0.3) is 0 Å². The zero-order chi connectivity index (χ0) is 18.5. The van der Waals surface area contributed by atoms with Gasteiger partial charge in [-0.05, 0) is 49.1 Å². The van der Waals surface area contributed by atoms with Crippen molar-refractivity contribution in [3.63, 3.8) is 0 Å². The number of amides is 1. The molecule has 0 radical (unpaired) electrons. The van der Waals surface area contributed by atoms with E-state index < -0.39 is 5.82 Å². The summed E-state index contributed by atoms with van der Waals surface area (Å²) in [7, 11) is 0. The molecule has 1 atom stereocenters. The molecule has 3 rings (SSSR count). The molecule has 1 saturated heterocycles. The van der Waals surface area contributed by atoms with E-state index in [-0.39, 0.29) is 17.9 Å². The molecule has 0 bridgehead atoms. The van der Waals surface area contributed by atoms with Crippen LogP contribution in [0.5, 0.6) is 0 Å². The Morgan fingerprint density at radius 3 is 2.85 bits per heavy atom. The summed E-state index contributed by atoms with van der Waals surface area (Å²) in [6, 6.07) is 12.9. The first kappa shape index (κ1) is 18.9. The van der Waals surface area contributed by atoms with E-state index in [0.717, 1.165) is 26.1 Å². The lowest BCUT2D eigenvalue weighted by Gasteiger charge is -2.17. The predicted molar refractivity (Wildman–Crippen MR) is 103 cm³/mol. The Labute approximate surface area is 159 Å². The van der Waals surface area contributed by atoms with E-state index in [1.807, 2.05) is 0 Å². The molecule has 26 heavy (non-hydrogen) atoms. The highest BCUT2D eigenvalue weighted by Gasteiger charge is 2.23. The topological polar surface area (TPSA) is 32.3 Å². The number of nitrogens with zero attached hydrogens (tertiary/aromatic N) is 1. The summed E-state index contributed by atoms with van der Waals surface area (Å²) in [5.41, 5.74) is 2.93. The molecule has 2 aromatic rings. The molecule has 1 unspecified atom stereocenters. The first-order valence-electron chi connectivity index (χ1n) is 8.99. The van der Waals surface area contributed by atoms with Gasteiger partial charge in [0.15, 0.2) is 0 Å². The zero-order valence-corrected chi connectivity index (χ0v) is 15.7. The number of halogens is 2. The van der Waals surface area contributed by atoms with Crippen LogP contribution in [0.15, 0.2) is 42.5 Å². The van der Waals surface area contributed by atoms with E-state index >= 15 is 0 Å². The first-order chi connectivity index (χ1) is 12.5. The fourth-order valence-electron chi connectivity index (χ4n) is 3.43. The smallest absolute Gasteiger partial charge is 0.224 e. The van der Waals surface area contributed by atoms with Gasteiger partial charge in [0.2, 0.25) is 5.91 Å². The molecule has 0 aromatic heterocycles. The lowest BCUT2D eigenvalue weighted by Crippen LogP contribution is -2.32. The molecule has 1 aliphatic rings. The largest absolute Gasteiger partial charge is 0.355 e. The summed E-state index contributed by atoms with van der Waals surface area (Å²) in [5, 5.41) is 3.23. The van der Waals surface area contributed by atoms with Crippen molar-refractivity contribution in [2.45, 2.75) is 26.3 Å². The van der Waals surface area contributed by atoms with Gasteiger partial charge in [-0.1, -0.05) is 41.9 Å². The van der Waals surface area contributed by atoms with E-state index in [1.165, 1.54) is 17.2 Å². The second-order valence-corrected chi connectivity index (χ2v) is 7.40. The van der Waals surface area contributed by atoms with Crippen molar-refractivity contribution in [2.75, 3.05) is 19.6 Å². The van der Waals surface area contributed by atoms with Crippen molar-refractivity contribution < 1.29 is 9.18 Å². The Morgan fingerprint density at radius 1 is 1.27 bits per heavy atom. The molecule has 1 heterocycles. The molecule has 0 spiro atoms. The number of rotatable bonds is 6. The average Bonchev–Trinajstić information content (AvgIpc) is 3.06. The fourth-order valence-corrected chi connectivity index (χ4v) is 3.66. The van der Waals surface area contributed by atoms with Crippen LogP contribution < -0.4 is 5.32 Å². The highest BCUT2D eigenvalue weighted by molar-refractivity contribution is 6.31. The summed E-state index contributed by atoms with van der Waals surface area (Å²) in [4.78, 5) is 14.6. The van der Waals surface area contributed by atoms with Crippen molar-refractivity contribution in [3.8, 4) is 0 Å². The van der Waals surface area contributed by atoms with Crippen LogP contribution in [0, 0.1) is 18.7 Å². The van der Waals surface area contributed by atoms with Gasteiger partial charge in [0, 0.05) is 30.2 Å². The maximum atomic E-state index is 13.8. The number of hydrogen-bond acceptors (Lipinski definition) is 2. The fraction of sp³-hybridized carbons (Fsp3) is 0.381. The number of nitrogens with one attached hydrogen (secondary N) is 1. The van der Waals surface area contributed by atoms with Gasteiger partial charge in [0.1, 0.15) is 5.82 Å². The SMILES string of the molecule is Cc1ccccc1CN1CCC(CNC(=O)Cc2c(F)cccc2Cl)C1. The predicted octanol–water partition coefficient (Wildman–Crippen LogP) is 3.97. The molecule has 0 saturated carbocycles. The summed E-state index contributed by atoms with van der Waals surface area (Å²) in [6.07, 6.45) is 1.04. The van der Waals surface area contributed by atoms with Crippen molar-refractivity contribution in [3.05, 3.63) is 70.0 Å². The van der Waals surface area contributed by atoms with Crippen molar-refractivity contribution in [1.82, 2.24) is 10.2 Å². The highest BCUT2D eigenvalue weighted by Crippen LogP contribution is 2.21. The maximum Gasteiger partial charge on any atom is 0.224 e. The number of aryl methyl sites for hydroxylation is 1. The number of carbonyl (C=O) groups is 1. The van der Waals surface area contributed by atoms with Gasteiger partial charge in [-0.15, -0.1) is 0 Å². The lowest BCUT2D eigenvalue weighted by molar-refractivity contribution is -0.120. The van der Waals surface area contributed by atoms with Gasteiger partial charge in [-0.3, -0.25) is 9.69 Å². The van der Waals surface area contributed by atoms with Crippen LogP contribution in [0.2, 0.25) is 5.02 Å². The number of hydrogen-bond donors (Lipinski definition) is 1.